The molecule has 0 atom stereocenters. The van der Waals surface area contributed by atoms with Gasteiger partial charge in [-0.25, -0.2) is 0 Å². The summed E-state index contributed by atoms with van der Waals surface area (Å²) >= 11 is 7.29. The van der Waals surface area contributed by atoms with Crippen molar-refractivity contribution in [2.24, 2.45) is 0 Å². The fourth-order valence-electron chi connectivity index (χ4n) is 2.37. The molecular weight excluding hydrogens is 382 g/mol. The number of halogens is 2. The Morgan fingerprint density at radius 3 is 2.20 bits per heavy atom. The van der Waals surface area contributed by atoms with Gasteiger partial charge in [-0.05, 0) is 96.0 Å². The van der Waals surface area contributed by atoms with E-state index in [4.69, 9.17) is 4.74 Å². The van der Waals surface area contributed by atoms with Crippen LogP contribution in [0, 0.1) is 0 Å². The molecule has 1 aliphatic carbocycles. The van der Waals surface area contributed by atoms with Gasteiger partial charge in [-0.15, -0.1) is 0 Å². The highest BCUT2D eigenvalue weighted by atomic mass is 79.9. The Morgan fingerprint density at radius 1 is 1.15 bits per heavy atom. The molecule has 1 aliphatic rings. The van der Waals surface area contributed by atoms with Crippen molar-refractivity contribution in [3.8, 4) is 5.75 Å². The predicted octanol–water partition coefficient (Wildman–Crippen LogP) is 5.42. The first-order valence-corrected chi connectivity index (χ1v) is 8.83. The van der Waals surface area contributed by atoms with Gasteiger partial charge in [0.25, 0.3) is 0 Å². The summed E-state index contributed by atoms with van der Waals surface area (Å²) in [5.41, 5.74) is 1.37. The molecule has 112 valence electrons. The van der Waals surface area contributed by atoms with Gasteiger partial charge in [0.1, 0.15) is 5.75 Å². The molecule has 0 bridgehead atoms. The van der Waals surface area contributed by atoms with Crippen LogP contribution in [-0.2, 0) is 6.54 Å². The van der Waals surface area contributed by atoms with Gasteiger partial charge in [-0.3, -0.25) is 0 Å². The van der Waals surface area contributed by atoms with Crippen molar-refractivity contribution in [1.82, 2.24) is 5.32 Å². The Hall–Kier alpha value is -0.0600. The van der Waals surface area contributed by atoms with Crippen LogP contribution in [0.5, 0.6) is 5.75 Å². The molecule has 1 aromatic rings. The van der Waals surface area contributed by atoms with Crippen LogP contribution >= 0.6 is 31.9 Å². The van der Waals surface area contributed by atoms with Crippen LogP contribution in [0.3, 0.4) is 0 Å². The van der Waals surface area contributed by atoms with Crippen molar-refractivity contribution < 1.29 is 4.74 Å². The first kappa shape index (κ1) is 16.3. The minimum Gasteiger partial charge on any atom is -0.488 e. The normalized spacial score (nSPS) is 16.6. The lowest BCUT2D eigenvalue weighted by molar-refractivity contribution is 0.207. The zero-order valence-electron chi connectivity index (χ0n) is 12.4. The zero-order valence-corrected chi connectivity index (χ0v) is 15.6. The van der Waals surface area contributed by atoms with Gasteiger partial charge >= 0.3 is 0 Å². The maximum absolute atomic E-state index is 6.12. The van der Waals surface area contributed by atoms with Crippen molar-refractivity contribution in [1.29, 1.82) is 0 Å². The monoisotopic (exact) mass is 403 g/mol. The second kappa shape index (κ2) is 6.80. The molecule has 0 spiro atoms. The second-order valence-electron chi connectivity index (χ2n) is 6.52. The van der Waals surface area contributed by atoms with Crippen LogP contribution in [0.4, 0.5) is 0 Å². The molecule has 1 saturated carbocycles. The molecule has 1 aromatic carbocycles. The van der Waals surface area contributed by atoms with E-state index < -0.39 is 0 Å². The summed E-state index contributed by atoms with van der Waals surface area (Å²) in [6.45, 7) is 7.38. The predicted molar refractivity (Wildman–Crippen MR) is 91.3 cm³/mol. The molecule has 20 heavy (non-hydrogen) atoms. The van der Waals surface area contributed by atoms with Gasteiger partial charge in [0.05, 0.1) is 15.0 Å². The van der Waals surface area contributed by atoms with Gasteiger partial charge < -0.3 is 10.1 Å². The number of rotatable bonds is 4. The lowest BCUT2D eigenvalue weighted by Crippen LogP contribution is -2.35. The molecule has 0 heterocycles. The minimum absolute atomic E-state index is 0.123. The van der Waals surface area contributed by atoms with E-state index in [1.807, 2.05) is 0 Å². The van der Waals surface area contributed by atoms with Gasteiger partial charge in [0.2, 0.25) is 0 Å². The van der Waals surface area contributed by atoms with E-state index in [1.54, 1.807) is 0 Å². The van der Waals surface area contributed by atoms with Gasteiger partial charge in [-0.1, -0.05) is 0 Å². The lowest BCUT2D eigenvalue weighted by atomic mass is 10.1. The highest BCUT2D eigenvalue weighted by Gasteiger charge is 2.19. The summed E-state index contributed by atoms with van der Waals surface area (Å²) in [4.78, 5) is 0. The maximum atomic E-state index is 6.12. The van der Waals surface area contributed by atoms with Crippen LogP contribution in [0.15, 0.2) is 21.1 Å². The Labute approximate surface area is 138 Å². The van der Waals surface area contributed by atoms with Crippen LogP contribution in [0.1, 0.15) is 52.0 Å². The number of hydrogen-bond acceptors (Lipinski definition) is 2. The number of ether oxygens (including phenoxy) is 1. The maximum Gasteiger partial charge on any atom is 0.148 e. The van der Waals surface area contributed by atoms with Crippen molar-refractivity contribution >= 4 is 31.9 Å². The van der Waals surface area contributed by atoms with Gasteiger partial charge in [-0.2, -0.15) is 0 Å². The van der Waals surface area contributed by atoms with Gasteiger partial charge in [0.15, 0.2) is 0 Å². The first-order valence-electron chi connectivity index (χ1n) is 7.25. The molecule has 0 saturated heterocycles. The molecule has 0 radical (unpaired) electrons. The first-order chi connectivity index (χ1) is 9.35. The van der Waals surface area contributed by atoms with Crippen LogP contribution < -0.4 is 10.1 Å². The topological polar surface area (TPSA) is 21.3 Å². The van der Waals surface area contributed by atoms with E-state index in [-0.39, 0.29) is 5.54 Å². The van der Waals surface area contributed by atoms with E-state index in [1.165, 1.54) is 31.2 Å². The van der Waals surface area contributed by atoms with E-state index in [2.05, 4.69) is 70.1 Å². The molecular formula is C16H23Br2NO. The average Bonchev–Trinajstić information content (AvgIpc) is 2.83. The molecule has 0 aromatic heterocycles. The Morgan fingerprint density at radius 2 is 1.70 bits per heavy atom. The summed E-state index contributed by atoms with van der Waals surface area (Å²) in [5.74, 6) is 0.941. The summed E-state index contributed by atoms with van der Waals surface area (Å²) in [5, 5.41) is 3.50. The van der Waals surface area contributed by atoms with Crippen LogP contribution in [0.25, 0.3) is 0 Å². The molecule has 2 nitrogen and oxygen atoms in total. The Bertz CT molecular complexity index is 439. The SMILES string of the molecule is CC(C)(C)NCc1cc(Br)c(OC2CCCC2)c(Br)c1. The summed E-state index contributed by atoms with van der Waals surface area (Å²) in [6, 6.07) is 4.29. The third-order valence-corrected chi connectivity index (χ3v) is 4.65. The van der Waals surface area contributed by atoms with E-state index >= 15 is 0 Å². The Kier molecular flexibility index (Phi) is 5.55. The summed E-state index contributed by atoms with van der Waals surface area (Å²) in [7, 11) is 0. The van der Waals surface area contributed by atoms with Crippen LogP contribution in [-0.4, -0.2) is 11.6 Å². The molecule has 4 heteroatoms. The number of hydrogen-bond donors (Lipinski definition) is 1. The third-order valence-electron chi connectivity index (χ3n) is 3.47. The average molecular weight is 405 g/mol. The van der Waals surface area contributed by atoms with Crippen molar-refractivity contribution in [3.05, 3.63) is 26.6 Å². The Balaban J connectivity index is 2.07. The lowest BCUT2D eigenvalue weighted by Gasteiger charge is -2.21. The fraction of sp³-hybridized carbons (Fsp3) is 0.625. The molecule has 1 fully saturated rings. The van der Waals surface area contributed by atoms with Crippen molar-refractivity contribution in [3.63, 3.8) is 0 Å². The summed E-state index contributed by atoms with van der Waals surface area (Å²) in [6.07, 6.45) is 5.29. The number of nitrogens with one attached hydrogen (secondary N) is 1. The van der Waals surface area contributed by atoms with Crippen molar-refractivity contribution in [2.45, 2.75) is 64.6 Å². The molecule has 0 aliphatic heterocycles. The largest absolute Gasteiger partial charge is 0.488 e. The molecule has 1 N–H and O–H groups in total. The highest BCUT2D eigenvalue weighted by Crippen LogP contribution is 2.37. The minimum atomic E-state index is 0.123. The summed E-state index contributed by atoms with van der Waals surface area (Å²) < 4.78 is 8.19. The second-order valence-corrected chi connectivity index (χ2v) is 8.23. The molecule has 0 unspecified atom stereocenters. The highest BCUT2D eigenvalue weighted by molar-refractivity contribution is 9.11. The standard InChI is InChI=1S/C16H23Br2NO/c1-16(2,3)19-10-11-8-13(17)15(14(18)9-11)20-12-6-4-5-7-12/h8-9,12,19H,4-7,10H2,1-3H3. The molecule has 2 rings (SSSR count). The fourth-order valence-corrected chi connectivity index (χ4v) is 3.84. The smallest absolute Gasteiger partial charge is 0.148 e. The van der Waals surface area contributed by atoms with E-state index in [0.717, 1.165) is 21.2 Å². The van der Waals surface area contributed by atoms with Crippen LogP contribution in [0.2, 0.25) is 0 Å². The van der Waals surface area contributed by atoms with E-state index in [0.29, 0.717) is 6.10 Å². The van der Waals surface area contributed by atoms with Crippen molar-refractivity contribution in [2.75, 3.05) is 0 Å². The quantitative estimate of drug-likeness (QED) is 0.723. The molecule has 0 amide bonds. The third kappa shape index (κ3) is 4.74. The zero-order chi connectivity index (χ0) is 14.8. The van der Waals surface area contributed by atoms with E-state index in [9.17, 15) is 0 Å². The van der Waals surface area contributed by atoms with Gasteiger partial charge in [0, 0.05) is 12.1 Å². The number of benzene rings is 1.